The number of piperazine rings is 1. The third-order valence-corrected chi connectivity index (χ3v) is 5.34. The first-order valence-electron chi connectivity index (χ1n) is 9.52. The molecule has 0 aromatic carbocycles. The third kappa shape index (κ3) is 4.17. The minimum atomic E-state index is 0.00681. The zero-order valence-electron chi connectivity index (χ0n) is 15.3. The molecule has 2 aliphatic heterocycles. The minimum Gasteiger partial charge on any atom is -0.337 e. The van der Waals surface area contributed by atoms with Gasteiger partial charge in [-0.2, -0.15) is 0 Å². The number of carbonyl (C=O) groups excluding carboxylic acids is 2. The monoisotopic (exact) mass is 364 g/mol. The van der Waals surface area contributed by atoms with Gasteiger partial charge in [-0.1, -0.05) is 24.3 Å². The van der Waals surface area contributed by atoms with Gasteiger partial charge in [0.15, 0.2) is 0 Å². The first kappa shape index (κ1) is 17.7. The number of fused-ring (bicyclic) bond motifs is 1. The van der Waals surface area contributed by atoms with Crippen LogP contribution in [-0.2, 0) is 16.0 Å². The third-order valence-electron chi connectivity index (χ3n) is 5.34. The number of carbonyl (C=O) groups is 2. The number of anilines is 1. The second-order valence-electron chi connectivity index (χ2n) is 7.14. The maximum absolute atomic E-state index is 12.5. The number of rotatable bonds is 3. The fourth-order valence-corrected chi connectivity index (χ4v) is 3.75. The smallest absolute Gasteiger partial charge is 0.246 e. The molecule has 1 aromatic rings. The molecule has 6 heteroatoms. The predicted molar refractivity (Wildman–Crippen MR) is 105 cm³/mol. The van der Waals surface area contributed by atoms with E-state index in [2.05, 4.69) is 39.5 Å². The van der Waals surface area contributed by atoms with Gasteiger partial charge in [-0.3, -0.25) is 14.5 Å². The summed E-state index contributed by atoms with van der Waals surface area (Å²) in [4.78, 5) is 32.5. The summed E-state index contributed by atoms with van der Waals surface area (Å²) in [6.45, 7) is 3.32. The van der Waals surface area contributed by atoms with Crippen molar-refractivity contribution in [2.45, 2.75) is 25.3 Å². The summed E-state index contributed by atoms with van der Waals surface area (Å²) in [5.41, 5.74) is 1.91. The molecular formula is C21H24N4O2. The van der Waals surface area contributed by atoms with E-state index in [0.717, 1.165) is 43.7 Å². The molecule has 3 aliphatic rings. The van der Waals surface area contributed by atoms with Crippen LogP contribution in [0.1, 0.15) is 24.0 Å². The predicted octanol–water partition coefficient (Wildman–Crippen LogP) is 2.01. The quantitative estimate of drug-likeness (QED) is 0.834. The Morgan fingerprint density at radius 1 is 1.19 bits per heavy atom. The van der Waals surface area contributed by atoms with Gasteiger partial charge in [-0.15, -0.1) is 0 Å². The Kier molecular flexibility index (Phi) is 5.16. The summed E-state index contributed by atoms with van der Waals surface area (Å²) >= 11 is 0. The van der Waals surface area contributed by atoms with E-state index in [1.807, 2.05) is 17.0 Å². The highest BCUT2D eigenvalue weighted by molar-refractivity contribution is 5.93. The Morgan fingerprint density at radius 3 is 2.81 bits per heavy atom. The maximum atomic E-state index is 12.5. The fourth-order valence-electron chi connectivity index (χ4n) is 3.75. The molecule has 1 aromatic heterocycles. The molecule has 1 aliphatic carbocycles. The van der Waals surface area contributed by atoms with Crippen molar-refractivity contribution >= 4 is 23.7 Å². The first-order valence-corrected chi connectivity index (χ1v) is 9.52. The van der Waals surface area contributed by atoms with Gasteiger partial charge in [0.1, 0.15) is 5.82 Å². The number of aryl methyl sites for hydroxylation is 1. The average molecular weight is 364 g/mol. The number of aromatic nitrogens is 1. The van der Waals surface area contributed by atoms with E-state index in [1.165, 1.54) is 0 Å². The van der Waals surface area contributed by atoms with Gasteiger partial charge >= 0.3 is 0 Å². The molecule has 0 saturated carbocycles. The molecule has 1 unspecified atom stereocenters. The molecule has 1 fully saturated rings. The molecule has 1 saturated heterocycles. The second-order valence-corrected chi connectivity index (χ2v) is 7.14. The standard InChI is InChI=1S/C21H24N4O2/c26-19-8-7-17-14-16(15-22-21(17)23-19)6-9-20(27)25-12-10-24(11-13-25)18-4-2-1-3-5-18/h1-4,6,9,14-15,18H,5,7-8,10-13H2,(H,22,23,26)/b9-6+. The first-order chi connectivity index (χ1) is 13.2. The highest BCUT2D eigenvalue weighted by atomic mass is 16.2. The molecule has 140 valence electrons. The summed E-state index contributed by atoms with van der Waals surface area (Å²) in [7, 11) is 0. The SMILES string of the molecule is O=C1CCc2cc(/C=C/C(=O)N3CCN(C4C=CC=CC4)CC3)cnc2N1. The molecule has 0 spiro atoms. The van der Waals surface area contributed by atoms with Crippen LogP contribution in [0.4, 0.5) is 5.82 Å². The molecule has 1 N–H and O–H groups in total. The molecule has 6 nitrogen and oxygen atoms in total. The van der Waals surface area contributed by atoms with E-state index < -0.39 is 0 Å². The molecule has 0 radical (unpaired) electrons. The number of nitrogens with one attached hydrogen (secondary N) is 1. The van der Waals surface area contributed by atoms with Crippen molar-refractivity contribution in [1.82, 2.24) is 14.8 Å². The highest BCUT2D eigenvalue weighted by Crippen LogP contribution is 2.21. The van der Waals surface area contributed by atoms with Crippen molar-refractivity contribution in [1.29, 1.82) is 0 Å². The summed E-state index contributed by atoms with van der Waals surface area (Å²) < 4.78 is 0. The van der Waals surface area contributed by atoms with Crippen LogP contribution in [0.2, 0.25) is 0 Å². The van der Waals surface area contributed by atoms with Gasteiger partial charge in [0.2, 0.25) is 11.8 Å². The molecule has 27 heavy (non-hydrogen) atoms. The van der Waals surface area contributed by atoms with Crippen LogP contribution >= 0.6 is 0 Å². The fraction of sp³-hybridized carbons (Fsp3) is 0.381. The van der Waals surface area contributed by atoms with E-state index in [0.29, 0.717) is 24.7 Å². The van der Waals surface area contributed by atoms with Crippen molar-refractivity contribution in [3.8, 4) is 0 Å². The Morgan fingerprint density at radius 2 is 2.04 bits per heavy atom. The largest absolute Gasteiger partial charge is 0.337 e. The minimum absolute atomic E-state index is 0.00681. The van der Waals surface area contributed by atoms with Gasteiger partial charge in [0.05, 0.1) is 0 Å². The Balaban J connectivity index is 1.32. The van der Waals surface area contributed by atoms with E-state index in [1.54, 1.807) is 12.3 Å². The number of hydrogen-bond acceptors (Lipinski definition) is 4. The number of nitrogens with zero attached hydrogens (tertiary/aromatic N) is 3. The van der Waals surface area contributed by atoms with Gasteiger partial charge in [-0.25, -0.2) is 4.98 Å². The van der Waals surface area contributed by atoms with E-state index >= 15 is 0 Å². The van der Waals surface area contributed by atoms with Crippen LogP contribution in [0.15, 0.2) is 42.6 Å². The molecule has 4 rings (SSSR count). The van der Waals surface area contributed by atoms with Gasteiger partial charge in [-0.05, 0) is 36.1 Å². The molecule has 3 heterocycles. The summed E-state index contributed by atoms with van der Waals surface area (Å²) in [5.74, 6) is 0.685. The summed E-state index contributed by atoms with van der Waals surface area (Å²) in [6, 6.07) is 2.46. The van der Waals surface area contributed by atoms with Gasteiger partial charge < -0.3 is 10.2 Å². The lowest BCUT2D eigenvalue weighted by Gasteiger charge is -2.38. The van der Waals surface area contributed by atoms with Crippen molar-refractivity contribution in [3.05, 3.63) is 53.8 Å². The molecule has 0 bridgehead atoms. The highest BCUT2D eigenvalue weighted by Gasteiger charge is 2.24. The lowest BCUT2D eigenvalue weighted by molar-refractivity contribution is -0.127. The van der Waals surface area contributed by atoms with Crippen molar-refractivity contribution in [2.24, 2.45) is 0 Å². The van der Waals surface area contributed by atoms with E-state index in [4.69, 9.17) is 0 Å². The van der Waals surface area contributed by atoms with Crippen LogP contribution in [-0.4, -0.2) is 58.8 Å². The molecule has 1 atom stereocenters. The summed E-state index contributed by atoms with van der Waals surface area (Å²) in [5, 5.41) is 2.77. The van der Waals surface area contributed by atoms with Crippen LogP contribution in [0, 0.1) is 0 Å². The lowest BCUT2D eigenvalue weighted by atomic mass is 10.0. The normalized spacial score (nSPS) is 22.7. The van der Waals surface area contributed by atoms with Crippen molar-refractivity contribution < 1.29 is 9.59 Å². The number of amides is 2. The van der Waals surface area contributed by atoms with Crippen molar-refractivity contribution in [3.63, 3.8) is 0 Å². The van der Waals surface area contributed by atoms with Crippen molar-refractivity contribution in [2.75, 3.05) is 31.5 Å². The maximum Gasteiger partial charge on any atom is 0.246 e. The molecule has 2 amide bonds. The zero-order valence-corrected chi connectivity index (χ0v) is 15.3. The number of pyridine rings is 1. The lowest BCUT2D eigenvalue weighted by Crippen LogP contribution is -2.51. The van der Waals surface area contributed by atoms with E-state index in [-0.39, 0.29) is 11.8 Å². The number of allylic oxidation sites excluding steroid dienone is 2. The Labute approximate surface area is 159 Å². The van der Waals surface area contributed by atoms with Gasteiger partial charge in [0, 0.05) is 50.9 Å². The van der Waals surface area contributed by atoms with Crippen LogP contribution in [0.3, 0.4) is 0 Å². The Bertz CT molecular complexity index is 819. The second kappa shape index (κ2) is 7.88. The zero-order chi connectivity index (χ0) is 18.6. The summed E-state index contributed by atoms with van der Waals surface area (Å²) in [6.07, 6.45) is 16.0. The Hall–Kier alpha value is -2.73. The van der Waals surface area contributed by atoms with Crippen LogP contribution in [0.5, 0.6) is 0 Å². The average Bonchev–Trinajstić information content (AvgIpc) is 2.72. The molecular weight excluding hydrogens is 340 g/mol. The van der Waals surface area contributed by atoms with Crippen LogP contribution in [0.25, 0.3) is 6.08 Å². The topological polar surface area (TPSA) is 65.5 Å². The number of hydrogen-bond donors (Lipinski definition) is 1. The van der Waals surface area contributed by atoms with Crippen LogP contribution < -0.4 is 5.32 Å². The van der Waals surface area contributed by atoms with E-state index in [9.17, 15) is 9.59 Å². The van der Waals surface area contributed by atoms with Gasteiger partial charge in [0.25, 0.3) is 0 Å².